The molecule has 0 amide bonds. The molecule has 2 heterocycles. The number of hydrogen-bond donors (Lipinski definition) is 1. The van der Waals surface area contributed by atoms with Crippen molar-refractivity contribution in [1.82, 2.24) is 15.1 Å². The molecule has 0 spiro atoms. The molecule has 1 unspecified atom stereocenters. The number of aromatic nitrogens is 2. The zero-order valence-corrected chi connectivity index (χ0v) is 10.2. The van der Waals surface area contributed by atoms with Gasteiger partial charge in [0.2, 0.25) is 0 Å². The molecule has 0 radical (unpaired) electrons. The SMILES string of the molecule is Cc1ccc(=O)n(CCNCC2CCCO2)n1. The summed E-state index contributed by atoms with van der Waals surface area (Å²) in [6, 6.07) is 3.29. The number of nitrogens with one attached hydrogen (secondary N) is 1. The fourth-order valence-corrected chi connectivity index (χ4v) is 1.96. The summed E-state index contributed by atoms with van der Waals surface area (Å²) in [7, 11) is 0. The molecule has 0 aliphatic carbocycles. The van der Waals surface area contributed by atoms with Gasteiger partial charge < -0.3 is 10.1 Å². The van der Waals surface area contributed by atoms with Gasteiger partial charge in [-0.1, -0.05) is 0 Å². The third kappa shape index (κ3) is 3.64. The highest BCUT2D eigenvalue weighted by molar-refractivity contribution is 4.96. The van der Waals surface area contributed by atoms with Gasteiger partial charge in [0.05, 0.1) is 18.3 Å². The molecule has 1 aliphatic rings. The molecule has 0 saturated carbocycles. The van der Waals surface area contributed by atoms with Gasteiger partial charge in [0.15, 0.2) is 0 Å². The Morgan fingerprint density at radius 2 is 2.47 bits per heavy atom. The maximum Gasteiger partial charge on any atom is 0.266 e. The lowest BCUT2D eigenvalue weighted by Gasteiger charge is -2.11. The van der Waals surface area contributed by atoms with E-state index in [1.165, 1.54) is 4.68 Å². The van der Waals surface area contributed by atoms with Gasteiger partial charge >= 0.3 is 0 Å². The first kappa shape index (κ1) is 12.3. The molecule has 5 nitrogen and oxygen atoms in total. The average Bonchev–Trinajstić information content (AvgIpc) is 2.82. The van der Waals surface area contributed by atoms with Crippen LogP contribution in [0.25, 0.3) is 0 Å². The third-order valence-corrected chi connectivity index (χ3v) is 2.90. The molecule has 5 heteroatoms. The molecular formula is C12H19N3O2. The molecule has 17 heavy (non-hydrogen) atoms. The first-order chi connectivity index (χ1) is 8.25. The Morgan fingerprint density at radius 3 is 3.24 bits per heavy atom. The molecule has 94 valence electrons. The summed E-state index contributed by atoms with van der Waals surface area (Å²) in [6.45, 7) is 4.98. The van der Waals surface area contributed by atoms with E-state index in [2.05, 4.69) is 10.4 Å². The minimum atomic E-state index is -0.0467. The normalized spacial score (nSPS) is 19.7. The fourth-order valence-electron chi connectivity index (χ4n) is 1.96. The molecule has 0 bridgehead atoms. The summed E-state index contributed by atoms with van der Waals surface area (Å²) in [6.07, 6.45) is 2.64. The quantitative estimate of drug-likeness (QED) is 0.749. The van der Waals surface area contributed by atoms with E-state index in [4.69, 9.17) is 4.74 Å². The van der Waals surface area contributed by atoms with Crippen molar-refractivity contribution in [3.63, 3.8) is 0 Å². The number of rotatable bonds is 5. The van der Waals surface area contributed by atoms with Gasteiger partial charge in [-0.05, 0) is 25.8 Å². The van der Waals surface area contributed by atoms with E-state index in [0.717, 1.165) is 38.2 Å². The third-order valence-electron chi connectivity index (χ3n) is 2.90. The highest BCUT2D eigenvalue weighted by Crippen LogP contribution is 2.10. The van der Waals surface area contributed by atoms with Crippen molar-refractivity contribution in [3.05, 3.63) is 28.2 Å². The zero-order chi connectivity index (χ0) is 12.1. The van der Waals surface area contributed by atoms with Gasteiger partial charge in [-0.15, -0.1) is 0 Å². The van der Waals surface area contributed by atoms with Crippen LogP contribution in [-0.2, 0) is 11.3 Å². The van der Waals surface area contributed by atoms with Crippen LogP contribution in [0.1, 0.15) is 18.5 Å². The lowest BCUT2D eigenvalue weighted by Crippen LogP contribution is -2.32. The van der Waals surface area contributed by atoms with Crippen LogP contribution >= 0.6 is 0 Å². The van der Waals surface area contributed by atoms with Crippen molar-refractivity contribution in [2.75, 3.05) is 19.7 Å². The summed E-state index contributed by atoms with van der Waals surface area (Å²) in [5.41, 5.74) is 0.818. The molecule has 1 atom stereocenters. The van der Waals surface area contributed by atoms with Crippen molar-refractivity contribution >= 4 is 0 Å². The van der Waals surface area contributed by atoms with Crippen LogP contribution in [-0.4, -0.2) is 35.6 Å². The van der Waals surface area contributed by atoms with Crippen LogP contribution in [0.2, 0.25) is 0 Å². The summed E-state index contributed by atoms with van der Waals surface area (Å²) < 4.78 is 7.00. The number of hydrogen-bond acceptors (Lipinski definition) is 4. The van der Waals surface area contributed by atoms with E-state index in [9.17, 15) is 4.79 Å². The Kier molecular flexibility index (Phi) is 4.28. The molecule has 2 rings (SSSR count). The summed E-state index contributed by atoms with van der Waals surface area (Å²) in [4.78, 5) is 11.5. The molecule has 1 aliphatic heterocycles. The van der Waals surface area contributed by atoms with Crippen LogP contribution in [0.3, 0.4) is 0 Å². The van der Waals surface area contributed by atoms with Gasteiger partial charge in [0, 0.05) is 25.8 Å². The van der Waals surface area contributed by atoms with Crippen molar-refractivity contribution in [2.45, 2.75) is 32.4 Å². The molecule has 1 fully saturated rings. The second kappa shape index (κ2) is 5.93. The van der Waals surface area contributed by atoms with E-state index in [1.54, 1.807) is 12.1 Å². The second-order valence-electron chi connectivity index (χ2n) is 4.38. The molecule has 1 saturated heterocycles. The van der Waals surface area contributed by atoms with Crippen molar-refractivity contribution in [1.29, 1.82) is 0 Å². The summed E-state index contributed by atoms with van der Waals surface area (Å²) >= 11 is 0. The Hall–Kier alpha value is -1.20. The minimum absolute atomic E-state index is 0.0467. The first-order valence-corrected chi connectivity index (χ1v) is 6.13. The van der Waals surface area contributed by atoms with Crippen LogP contribution in [0.4, 0.5) is 0 Å². The van der Waals surface area contributed by atoms with E-state index in [0.29, 0.717) is 12.6 Å². The van der Waals surface area contributed by atoms with Crippen LogP contribution < -0.4 is 10.9 Å². The van der Waals surface area contributed by atoms with Crippen molar-refractivity contribution in [3.8, 4) is 0 Å². The van der Waals surface area contributed by atoms with Gasteiger partial charge in [-0.25, -0.2) is 4.68 Å². The lowest BCUT2D eigenvalue weighted by molar-refractivity contribution is 0.110. The standard InChI is InChI=1S/C12H19N3O2/c1-10-4-5-12(16)15(14-10)7-6-13-9-11-3-2-8-17-11/h4-5,11,13H,2-3,6-9H2,1H3. The van der Waals surface area contributed by atoms with Crippen LogP contribution in [0.15, 0.2) is 16.9 Å². The largest absolute Gasteiger partial charge is 0.377 e. The van der Waals surface area contributed by atoms with E-state index < -0.39 is 0 Å². The smallest absolute Gasteiger partial charge is 0.266 e. The molecular weight excluding hydrogens is 218 g/mol. The predicted octanol–water partition coefficient (Wildman–Crippen LogP) is 0.320. The van der Waals surface area contributed by atoms with Gasteiger partial charge in [0.1, 0.15) is 0 Å². The van der Waals surface area contributed by atoms with E-state index >= 15 is 0 Å². The topological polar surface area (TPSA) is 56.2 Å². The van der Waals surface area contributed by atoms with Crippen molar-refractivity contribution < 1.29 is 4.74 Å². The number of aryl methyl sites for hydroxylation is 1. The molecule has 1 N–H and O–H groups in total. The van der Waals surface area contributed by atoms with Gasteiger partial charge in [-0.3, -0.25) is 4.79 Å². The van der Waals surface area contributed by atoms with Gasteiger partial charge in [0.25, 0.3) is 5.56 Å². The Balaban J connectivity index is 1.74. The highest BCUT2D eigenvalue weighted by atomic mass is 16.5. The Labute approximate surface area is 101 Å². The van der Waals surface area contributed by atoms with Crippen LogP contribution in [0.5, 0.6) is 0 Å². The predicted molar refractivity (Wildman–Crippen MR) is 65.1 cm³/mol. The maximum absolute atomic E-state index is 11.5. The zero-order valence-electron chi connectivity index (χ0n) is 10.2. The number of ether oxygens (including phenoxy) is 1. The molecule has 0 aromatic carbocycles. The van der Waals surface area contributed by atoms with E-state index in [-0.39, 0.29) is 5.56 Å². The minimum Gasteiger partial charge on any atom is -0.377 e. The van der Waals surface area contributed by atoms with Gasteiger partial charge in [-0.2, -0.15) is 5.10 Å². The summed E-state index contributed by atoms with van der Waals surface area (Å²) in [5, 5.41) is 7.47. The summed E-state index contributed by atoms with van der Waals surface area (Å²) in [5.74, 6) is 0. The first-order valence-electron chi connectivity index (χ1n) is 6.13. The monoisotopic (exact) mass is 237 g/mol. The number of nitrogens with zero attached hydrogens (tertiary/aromatic N) is 2. The fraction of sp³-hybridized carbons (Fsp3) is 0.667. The highest BCUT2D eigenvalue weighted by Gasteiger charge is 2.14. The maximum atomic E-state index is 11.5. The van der Waals surface area contributed by atoms with Crippen molar-refractivity contribution in [2.24, 2.45) is 0 Å². The lowest BCUT2D eigenvalue weighted by atomic mass is 10.2. The molecule has 1 aromatic heterocycles. The molecule has 1 aromatic rings. The van der Waals surface area contributed by atoms with Crippen LogP contribution in [0, 0.1) is 6.92 Å². The second-order valence-corrected chi connectivity index (χ2v) is 4.38. The van der Waals surface area contributed by atoms with E-state index in [1.807, 2.05) is 6.92 Å². The Bertz CT molecular complexity index is 410. The average molecular weight is 237 g/mol. The Morgan fingerprint density at radius 1 is 1.59 bits per heavy atom.